The second-order valence-corrected chi connectivity index (χ2v) is 13.9. The van der Waals surface area contributed by atoms with Gasteiger partial charge in [0.2, 0.25) is 29.5 Å². The zero-order valence-electron chi connectivity index (χ0n) is 29.7. The molecule has 2 aromatic carbocycles. The number of nitrogens with two attached hydrogens (primary N) is 2. The quantitative estimate of drug-likeness (QED) is 0.0491. The molecule has 0 bridgehead atoms. The minimum atomic E-state index is -4.73. The Morgan fingerprint density at radius 3 is 1.91 bits per heavy atom. The van der Waals surface area contributed by atoms with Crippen LogP contribution >= 0.6 is 7.82 Å². The van der Waals surface area contributed by atoms with Gasteiger partial charge in [-0.3, -0.25) is 33.8 Å². The van der Waals surface area contributed by atoms with Crippen molar-refractivity contribution >= 4 is 43.3 Å². The van der Waals surface area contributed by atoms with Crippen molar-refractivity contribution in [2.24, 2.45) is 17.4 Å². The van der Waals surface area contributed by atoms with E-state index in [2.05, 4.69) is 31.1 Å². The lowest BCUT2D eigenvalue weighted by molar-refractivity contribution is -0.142. The van der Waals surface area contributed by atoms with E-state index in [4.69, 9.17) is 21.3 Å². The molecule has 0 heterocycles. The molecule has 0 aliphatic rings. The molecule has 0 aromatic heterocycles. The van der Waals surface area contributed by atoms with Crippen molar-refractivity contribution in [3.8, 4) is 5.75 Å². The molecule has 19 heteroatoms. The fourth-order valence-electron chi connectivity index (χ4n) is 5.01. The van der Waals surface area contributed by atoms with E-state index in [0.717, 1.165) is 0 Å². The number of rotatable bonds is 23. The molecule has 2 rings (SSSR count). The van der Waals surface area contributed by atoms with Gasteiger partial charge in [-0.05, 0) is 67.8 Å². The minimum Gasteiger partial charge on any atom is -0.480 e. The standard InChI is InChI=1S/C34H50N7O11P/c1-21(2)16-27(32(45)40-26(34(47)48)10-6-7-15-35)41-33(46)28(18-22-8-4-3-5-9-22)39-30(43)20-37-29(42)19-38-31(44)25(36)17-23-11-13-24(14-12-23)52-53(49,50)51/h3-5,8-9,11-14,21,25-28H,6-7,10,15-20,35-36H2,1-2H3,(H,37,42)(H,38,44)(H,39,43)(H,40,45)(H,41,46)(H,47,48)(H2,49,50,51)/t25-,26-,27-,28-/m0/s1. The van der Waals surface area contributed by atoms with Crippen molar-refractivity contribution in [1.29, 1.82) is 0 Å². The normalized spacial score (nSPS) is 13.5. The summed E-state index contributed by atoms with van der Waals surface area (Å²) in [4.78, 5) is 94.2. The third-order valence-electron chi connectivity index (χ3n) is 7.65. The van der Waals surface area contributed by atoms with Crippen LogP contribution in [0.15, 0.2) is 54.6 Å². The average molecular weight is 764 g/mol. The highest BCUT2D eigenvalue weighted by Gasteiger charge is 2.30. The summed E-state index contributed by atoms with van der Waals surface area (Å²) in [6, 6.07) is 9.76. The maximum Gasteiger partial charge on any atom is 0.524 e. The number of nitrogens with one attached hydrogen (secondary N) is 5. The lowest BCUT2D eigenvalue weighted by atomic mass is 10.0. The van der Waals surface area contributed by atoms with Crippen molar-refractivity contribution in [1.82, 2.24) is 26.6 Å². The predicted molar refractivity (Wildman–Crippen MR) is 193 cm³/mol. The smallest absolute Gasteiger partial charge is 0.480 e. The Bertz CT molecular complexity index is 1570. The van der Waals surface area contributed by atoms with E-state index < -0.39 is 80.6 Å². The molecule has 0 saturated carbocycles. The lowest BCUT2D eigenvalue weighted by Crippen LogP contribution is -2.57. The maximum atomic E-state index is 13.6. The molecule has 0 fully saturated rings. The zero-order valence-corrected chi connectivity index (χ0v) is 30.6. The molecule has 0 radical (unpaired) electrons. The molecule has 12 N–H and O–H groups in total. The van der Waals surface area contributed by atoms with Crippen molar-refractivity contribution < 1.29 is 52.7 Å². The summed E-state index contributed by atoms with van der Waals surface area (Å²) >= 11 is 0. The number of carbonyl (C=O) groups excluding carboxylic acids is 5. The molecule has 0 saturated heterocycles. The van der Waals surface area contributed by atoms with E-state index in [1.807, 2.05) is 13.8 Å². The second-order valence-electron chi connectivity index (χ2n) is 12.7. The lowest BCUT2D eigenvalue weighted by Gasteiger charge is -2.25. The van der Waals surface area contributed by atoms with E-state index in [-0.39, 0.29) is 37.4 Å². The van der Waals surface area contributed by atoms with Crippen LogP contribution in [0.4, 0.5) is 0 Å². The van der Waals surface area contributed by atoms with Crippen LogP contribution in [0.2, 0.25) is 0 Å². The largest absolute Gasteiger partial charge is 0.524 e. The number of hydrogen-bond acceptors (Lipinski definition) is 10. The van der Waals surface area contributed by atoms with Gasteiger partial charge in [0.15, 0.2) is 0 Å². The fraction of sp³-hybridized carbons (Fsp3) is 0.471. The molecule has 18 nitrogen and oxygen atoms in total. The Morgan fingerprint density at radius 2 is 1.32 bits per heavy atom. The molecular weight excluding hydrogens is 713 g/mol. The van der Waals surface area contributed by atoms with E-state index in [1.54, 1.807) is 30.3 Å². The first-order chi connectivity index (χ1) is 25.0. The fourth-order valence-corrected chi connectivity index (χ4v) is 5.41. The minimum absolute atomic E-state index is 0.0333. The highest BCUT2D eigenvalue weighted by Crippen LogP contribution is 2.37. The number of amides is 5. The van der Waals surface area contributed by atoms with Crippen molar-refractivity contribution in [3.05, 3.63) is 65.7 Å². The topological polar surface area (TPSA) is 302 Å². The van der Waals surface area contributed by atoms with Crippen LogP contribution in [-0.2, 0) is 46.2 Å². The van der Waals surface area contributed by atoms with Crippen LogP contribution in [0.1, 0.15) is 50.7 Å². The Morgan fingerprint density at radius 1 is 0.736 bits per heavy atom. The maximum absolute atomic E-state index is 13.6. The van der Waals surface area contributed by atoms with Gasteiger partial charge in [-0.2, -0.15) is 0 Å². The summed E-state index contributed by atoms with van der Waals surface area (Å²) in [7, 11) is -4.73. The number of benzene rings is 2. The average Bonchev–Trinajstić information content (AvgIpc) is 3.09. The third-order valence-corrected chi connectivity index (χ3v) is 8.09. The van der Waals surface area contributed by atoms with Crippen molar-refractivity contribution in [3.63, 3.8) is 0 Å². The van der Waals surface area contributed by atoms with E-state index in [0.29, 0.717) is 30.5 Å². The van der Waals surface area contributed by atoms with E-state index in [9.17, 15) is 38.4 Å². The van der Waals surface area contributed by atoms with Gasteiger partial charge in [0, 0.05) is 6.42 Å². The van der Waals surface area contributed by atoms with E-state index >= 15 is 0 Å². The van der Waals surface area contributed by atoms with Gasteiger partial charge >= 0.3 is 13.8 Å². The molecule has 0 aliphatic heterocycles. The Kier molecular flexibility index (Phi) is 18.6. The van der Waals surface area contributed by atoms with Gasteiger partial charge < -0.3 is 47.7 Å². The van der Waals surface area contributed by atoms with E-state index in [1.165, 1.54) is 24.3 Å². The molecule has 292 valence electrons. The molecular formula is C34H50N7O11P. The van der Waals surface area contributed by atoms with Gasteiger partial charge in [0.05, 0.1) is 19.1 Å². The summed E-state index contributed by atoms with van der Waals surface area (Å²) < 4.78 is 15.4. The summed E-state index contributed by atoms with van der Waals surface area (Å²) in [6.45, 7) is 2.97. The number of carboxylic acids is 1. The summed E-state index contributed by atoms with van der Waals surface area (Å²) in [6.07, 6.45) is 1.47. The number of phosphoric acid groups is 1. The SMILES string of the molecule is CC(C)C[C@H](NC(=O)[C@H](Cc1ccccc1)NC(=O)CNC(=O)CNC(=O)[C@@H](N)Cc1ccc(OP(=O)(O)O)cc1)C(=O)N[C@@H](CCCCN)C(=O)O. The first kappa shape index (κ1) is 44.3. The number of phosphoric ester groups is 1. The first-order valence-electron chi connectivity index (χ1n) is 17.0. The number of aliphatic carboxylic acids is 1. The summed E-state index contributed by atoms with van der Waals surface area (Å²) in [5, 5.41) is 22.1. The molecule has 0 aliphatic carbocycles. The van der Waals surface area contributed by atoms with Crippen LogP contribution in [-0.4, -0.2) is 94.2 Å². The molecule has 0 spiro atoms. The van der Waals surface area contributed by atoms with Crippen LogP contribution < -0.4 is 42.6 Å². The van der Waals surface area contributed by atoms with Gasteiger partial charge in [0.1, 0.15) is 23.9 Å². The number of carboxylic acid groups (broad SMARTS) is 1. The zero-order chi connectivity index (χ0) is 39.6. The highest BCUT2D eigenvalue weighted by atomic mass is 31.2. The van der Waals surface area contributed by atoms with Crippen LogP contribution in [0.25, 0.3) is 0 Å². The predicted octanol–water partition coefficient (Wildman–Crippen LogP) is -0.783. The van der Waals surface area contributed by atoms with Crippen LogP contribution in [0, 0.1) is 5.92 Å². The summed E-state index contributed by atoms with van der Waals surface area (Å²) in [5.74, 6) is -4.88. The van der Waals surface area contributed by atoms with Crippen molar-refractivity contribution in [2.75, 3.05) is 19.6 Å². The van der Waals surface area contributed by atoms with Crippen LogP contribution in [0.3, 0.4) is 0 Å². The van der Waals surface area contributed by atoms with Gasteiger partial charge in [-0.25, -0.2) is 9.36 Å². The number of carbonyl (C=O) groups is 6. The number of unbranched alkanes of at least 4 members (excludes halogenated alkanes) is 1. The Labute approximate surface area is 307 Å². The molecule has 4 atom stereocenters. The molecule has 2 aromatic rings. The molecule has 5 amide bonds. The van der Waals surface area contributed by atoms with Gasteiger partial charge in [-0.15, -0.1) is 0 Å². The monoisotopic (exact) mass is 763 g/mol. The third kappa shape index (κ3) is 17.9. The first-order valence-corrected chi connectivity index (χ1v) is 18.5. The second kappa shape index (κ2) is 22.3. The van der Waals surface area contributed by atoms with Gasteiger partial charge in [0.25, 0.3) is 0 Å². The Balaban J connectivity index is 1.99. The summed E-state index contributed by atoms with van der Waals surface area (Å²) in [5.41, 5.74) is 12.7. The van der Waals surface area contributed by atoms with Crippen LogP contribution in [0.5, 0.6) is 5.75 Å². The highest BCUT2D eigenvalue weighted by molar-refractivity contribution is 7.46. The van der Waals surface area contributed by atoms with Gasteiger partial charge in [-0.1, -0.05) is 56.3 Å². The van der Waals surface area contributed by atoms with Crippen molar-refractivity contribution in [2.45, 2.75) is 76.5 Å². The number of hydrogen-bond donors (Lipinski definition) is 10. The Hall–Kier alpha value is -4.87. The molecule has 53 heavy (non-hydrogen) atoms. The molecule has 0 unspecified atom stereocenters.